The second kappa shape index (κ2) is 13.4. The molecule has 0 heterocycles. The molecule has 0 aliphatic carbocycles. The number of ketones is 1. The van der Waals surface area contributed by atoms with E-state index in [2.05, 4.69) is 143 Å². The lowest BCUT2D eigenvalue weighted by molar-refractivity contribution is 0.101. The Kier molecular flexibility index (Phi) is 8.44. The monoisotopic (exact) mass is 606 g/mol. The Morgan fingerprint density at radius 1 is 0.319 bits per heavy atom. The molecule has 0 aliphatic heterocycles. The molecule has 226 valence electrons. The maximum atomic E-state index is 11.9. The maximum absolute atomic E-state index is 11.9. The van der Waals surface area contributed by atoms with Gasteiger partial charge in [-0.1, -0.05) is 103 Å². The Balaban J connectivity index is 1.12. The molecule has 7 rings (SSSR count). The minimum Gasteiger partial charge on any atom is -0.311 e. The molecule has 0 saturated carbocycles. The highest BCUT2D eigenvalue weighted by molar-refractivity contribution is 5.94. The molecule has 0 atom stereocenters. The van der Waals surface area contributed by atoms with Crippen molar-refractivity contribution in [1.82, 2.24) is 0 Å². The summed E-state index contributed by atoms with van der Waals surface area (Å²) in [5.41, 5.74) is 11.8. The molecule has 3 heteroatoms. The highest BCUT2D eigenvalue weighted by atomic mass is 16.1. The Bertz CT molecular complexity index is 2020. The number of Topliss-reactive ketones (excluding diaryl/α,β-unsaturated/α-hetero) is 1. The first-order valence-corrected chi connectivity index (χ1v) is 15.8. The smallest absolute Gasteiger partial charge is 0.159 e. The summed E-state index contributed by atoms with van der Waals surface area (Å²) in [5.74, 6) is 0.0629. The average Bonchev–Trinajstić information content (AvgIpc) is 3.14. The van der Waals surface area contributed by atoms with Crippen molar-refractivity contribution in [2.45, 2.75) is 6.92 Å². The van der Waals surface area contributed by atoms with E-state index in [-0.39, 0.29) is 5.78 Å². The molecule has 0 spiro atoms. The van der Waals surface area contributed by atoms with E-state index in [1.807, 2.05) is 54.6 Å². The van der Waals surface area contributed by atoms with E-state index in [1.165, 1.54) is 11.1 Å². The van der Waals surface area contributed by atoms with Gasteiger partial charge in [0.15, 0.2) is 5.78 Å². The van der Waals surface area contributed by atoms with Crippen LogP contribution < -0.4 is 9.80 Å². The fourth-order valence-electron chi connectivity index (χ4n) is 5.93. The molecular weight excluding hydrogens is 572 g/mol. The van der Waals surface area contributed by atoms with Crippen molar-refractivity contribution in [1.29, 1.82) is 0 Å². The molecule has 7 aromatic rings. The fourth-order valence-corrected chi connectivity index (χ4v) is 5.93. The van der Waals surface area contributed by atoms with Crippen LogP contribution in [-0.2, 0) is 0 Å². The zero-order valence-electron chi connectivity index (χ0n) is 26.2. The third kappa shape index (κ3) is 6.47. The third-order valence-electron chi connectivity index (χ3n) is 8.38. The number of carbonyl (C=O) groups is 1. The Morgan fingerprint density at radius 2 is 0.553 bits per heavy atom. The van der Waals surface area contributed by atoms with Gasteiger partial charge in [-0.15, -0.1) is 0 Å². The molecule has 0 N–H and O–H groups in total. The van der Waals surface area contributed by atoms with Crippen molar-refractivity contribution in [3.05, 3.63) is 194 Å². The lowest BCUT2D eigenvalue weighted by atomic mass is 9.99. The molecule has 7 aromatic carbocycles. The lowest BCUT2D eigenvalue weighted by Crippen LogP contribution is -2.10. The fraction of sp³-hybridized carbons (Fsp3) is 0.0227. The lowest BCUT2D eigenvalue weighted by Gasteiger charge is -2.25. The van der Waals surface area contributed by atoms with Crippen LogP contribution in [0.2, 0.25) is 0 Å². The van der Waals surface area contributed by atoms with Crippen LogP contribution in [-0.4, -0.2) is 5.78 Å². The summed E-state index contributed by atoms with van der Waals surface area (Å²) in [6.45, 7) is 1.59. The summed E-state index contributed by atoms with van der Waals surface area (Å²) in [7, 11) is 0. The second-order valence-electron chi connectivity index (χ2n) is 11.5. The van der Waals surface area contributed by atoms with Crippen LogP contribution in [0.15, 0.2) is 188 Å². The predicted molar refractivity (Wildman–Crippen MR) is 197 cm³/mol. The highest BCUT2D eigenvalue weighted by Gasteiger charge is 2.14. The van der Waals surface area contributed by atoms with Crippen LogP contribution in [0, 0.1) is 0 Å². The summed E-state index contributed by atoms with van der Waals surface area (Å²) < 4.78 is 0. The number of carbonyl (C=O) groups excluding carboxylic acids is 1. The first-order valence-electron chi connectivity index (χ1n) is 15.8. The standard InChI is InChI=1S/C44H34N2O/c1-33(47)34-21-27-42(28-22-34)46(41-15-9-4-10-16-41)44-31-25-38(26-32-44)36-19-17-35(18-20-36)37-23-29-43(30-24-37)45(39-11-5-2-6-12-39)40-13-7-3-8-14-40/h2-32H,1H3. The first-order chi connectivity index (χ1) is 23.1. The number of anilines is 6. The predicted octanol–water partition coefficient (Wildman–Crippen LogP) is 12.2. The van der Waals surface area contributed by atoms with Crippen LogP contribution in [0.1, 0.15) is 17.3 Å². The quantitative estimate of drug-likeness (QED) is 0.153. The number of benzene rings is 7. The Hall–Kier alpha value is -6.19. The van der Waals surface area contributed by atoms with Crippen LogP contribution >= 0.6 is 0 Å². The van der Waals surface area contributed by atoms with Gasteiger partial charge in [-0.05, 0) is 114 Å². The molecule has 0 amide bonds. The molecule has 0 saturated heterocycles. The Labute approximate surface area is 276 Å². The van der Waals surface area contributed by atoms with Crippen LogP contribution in [0.25, 0.3) is 22.3 Å². The largest absolute Gasteiger partial charge is 0.311 e. The van der Waals surface area contributed by atoms with Crippen molar-refractivity contribution in [2.24, 2.45) is 0 Å². The number of hydrogen-bond acceptors (Lipinski definition) is 3. The molecule has 0 unspecified atom stereocenters. The SMILES string of the molecule is CC(=O)c1ccc(N(c2ccccc2)c2ccc(-c3ccc(-c4ccc(N(c5ccccc5)c5ccccc5)cc4)cc3)cc2)cc1. The molecular formula is C44H34N2O. The van der Waals surface area contributed by atoms with Gasteiger partial charge in [0, 0.05) is 39.7 Å². The van der Waals surface area contributed by atoms with Gasteiger partial charge in [-0.2, -0.15) is 0 Å². The average molecular weight is 607 g/mol. The van der Waals surface area contributed by atoms with Crippen LogP contribution in [0.4, 0.5) is 34.1 Å². The van der Waals surface area contributed by atoms with Gasteiger partial charge in [0.1, 0.15) is 0 Å². The van der Waals surface area contributed by atoms with Gasteiger partial charge in [-0.25, -0.2) is 0 Å². The van der Waals surface area contributed by atoms with E-state index in [0.717, 1.165) is 45.3 Å². The van der Waals surface area contributed by atoms with Crippen LogP contribution in [0.3, 0.4) is 0 Å². The minimum atomic E-state index is 0.0629. The van der Waals surface area contributed by atoms with E-state index in [9.17, 15) is 4.79 Å². The van der Waals surface area contributed by atoms with E-state index in [4.69, 9.17) is 0 Å². The van der Waals surface area contributed by atoms with Gasteiger partial charge in [0.25, 0.3) is 0 Å². The van der Waals surface area contributed by atoms with Crippen molar-refractivity contribution in [3.8, 4) is 22.3 Å². The molecule has 0 fully saturated rings. The summed E-state index contributed by atoms with van der Waals surface area (Å²) in [5, 5.41) is 0. The molecule has 47 heavy (non-hydrogen) atoms. The number of hydrogen-bond donors (Lipinski definition) is 0. The van der Waals surface area contributed by atoms with Gasteiger partial charge in [0.2, 0.25) is 0 Å². The highest BCUT2D eigenvalue weighted by Crippen LogP contribution is 2.37. The first kappa shape index (κ1) is 29.5. The van der Waals surface area contributed by atoms with Crippen molar-refractivity contribution in [3.63, 3.8) is 0 Å². The summed E-state index contributed by atoms with van der Waals surface area (Å²) in [4.78, 5) is 16.3. The summed E-state index contributed by atoms with van der Waals surface area (Å²) in [6.07, 6.45) is 0. The molecule has 3 nitrogen and oxygen atoms in total. The van der Waals surface area contributed by atoms with Crippen LogP contribution in [0.5, 0.6) is 0 Å². The zero-order chi connectivity index (χ0) is 32.0. The minimum absolute atomic E-state index is 0.0629. The topological polar surface area (TPSA) is 23.6 Å². The normalized spacial score (nSPS) is 10.7. The van der Waals surface area contributed by atoms with Gasteiger partial charge in [-0.3, -0.25) is 4.79 Å². The van der Waals surface area contributed by atoms with E-state index in [0.29, 0.717) is 5.56 Å². The number of nitrogens with zero attached hydrogens (tertiary/aromatic N) is 2. The molecule has 0 bridgehead atoms. The summed E-state index contributed by atoms with van der Waals surface area (Å²) >= 11 is 0. The molecule has 0 radical (unpaired) electrons. The number of para-hydroxylation sites is 3. The zero-order valence-corrected chi connectivity index (χ0v) is 26.2. The molecule has 0 aliphatic rings. The van der Waals surface area contributed by atoms with Gasteiger partial charge >= 0.3 is 0 Å². The number of rotatable bonds is 9. The van der Waals surface area contributed by atoms with Crippen molar-refractivity contribution >= 4 is 39.9 Å². The molecule has 0 aromatic heterocycles. The van der Waals surface area contributed by atoms with E-state index < -0.39 is 0 Å². The van der Waals surface area contributed by atoms with Crippen molar-refractivity contribution in [2.75, 3.05) is 9.80 Å². The Morgan fingerprint density at radius 3 is 0.830 bits per heavy atom. The van der Waals surface area contributed by atoms with E-state index in [1.54, 1.807) is 6.92 Å². The van der Waals surface area contributed by atoms with Crippen molar-refractivity contribution < 1.29 is 4.79 Å². The van der Waals surface area contributed by atoms with Gasteiger partial charge in [0.05, 0.1) is 0 Å². The second-order valence-corrected chi connectivity index (χ2v) is 11.5. The van der Waals surface area contributed by atoms with Gasteiger partial charge < -0.3 is 9.80 Å². The maximum Gasteiger partial charge on any atom is 0.159 e. The summed E-state index contributed by atoms with van der Waals surface area (Å²) in [6, 6.07) is 65.2. The van der Waals surface area contributed by atoms with E-state index >= 15 is 0 Å². The third-order valence-corrected chi connectivity index (χ3v) is 8.38.